The van der Waals surface area contributed by atoms with Crippen LogP contribution in [0.4, 0.5) is 0 Å². The molecule has 3 amide bonds. The number of hydrogen-bond acceptors (Lipinski definition) is 5. The molecule has 4 N–H and O–H groups in total. The molecule has 0 aromatic heterocycles. The molecule has 2 aliphatic rings. The smallest absolute Gasteiger partial charge is 0.252 e. The molecule has 2 rings (SSSR count). The molecule has 1 aliphatic carbocycles. The summed E-state index contributed by atoms with van der Waals surface area (Å²) in [6.45, 7) is 6.85. The van der Waals surface area contributed by atoms with Crippen molar-refractivity contribution in [3.05, 3.63) is 0 Å². The third-order valence-electron chi connectivity index (χ3n) is 4.67. The van der Waals surface area contributed by atoms with Crippen LogP contribution < -0.4 is 16.0 Å². The lowest BCUT2D eigenvalue weighted by Gasteiger charge is -2.24. The van der Waals surface area contributed by atoms with Crippen molar-refractivity contribution in [3.63, 3.8) is 0 Å². The molecule has 0 unspecified atom stereocenters. The minimum atomic E-state index is -1.38. The Morgan fingerprint density at radius 2 is 1.89 bits per heavy atom. The SMILES string of the molecule is CC(C)C.N#C[C@H](C[C@@H]1CCCNC1=O)NC(=O)CNC(=O)C1(O)CCCC1. The molecule has 1 heterocycles. The van der Waals surface area contributed by atoms with Gasteiger partial charge in [0.2, 0.25) is 11.8 Å². The monoisotopic (exact) mass is 394 g/mol. The van der Waals surface area contributed by atoms with Gasteiger partial charge in [0.15, 0.2) is 0 Å². The van der Waals surface area contributed by atoms with Gasteiger partial charge in [-0.25, -0.2) is 0 Å². The molecular weight excluding hydrogens is 360 g/mol. The molecule has 1 saturated carbocycles. The molecule has 8 nitrogen and oxygen atoms in total. The van der Waals surface area contributed by atoms with Gasteiger partial charge in [-0.1, -0.05) is 20.8 Å². The molecule has 0 radical (unpaired) electrons. The molecule has 28 heavy (non-hydrogen) atoms. The highest BCUT2D eigenvalue weighted by Gasteiger charge is 2.38. The van der Waals surface area contributed by atoms with Gasteiger partial charge in [0, 0.05) is 12.5 Å². The van der Waals surface area contributed by atoms with Gasteiger partial charge in [0.25, 0.3) is 5.91 Å². The van der Waals surface area contributed by atoms with Gasteiger partial charge < -0.3 is 21.1 Å². The molecule has 8 heteroatoms. The summed E-state index contributed by atoms with van der Waals surface area (Å²) < 4.78 is 0. The van der Waals surface area contributed by atoms with Crippen molar-refractivity contribution in [3.8, 4) is 6.07 Å². The van der Waals surface area contributed by atoms with Gasteiger partial charge in [0.1, 0.15) is 11.6 Å². The Labute approximate surface area is 167 Å². The number of nitrogens with one attached hydrogen (secondary N) is 3. The fraction of sp³-hybridized carbons (Fsp3) is 0.800. The molecular formula is C20H34N4O4. The van der Waals surface area contributed by atoms with Crippen LogP contribution in [0.2, 0.25) is 0 Å². The first-order valence-electron chi connectivity index (χ1n) is 10.2. The summed E-state index contributed by atoms with van der Waals surface area (Å²) in [5, 5.41) is 26.9. The first kappa shape index (κ1) is 23.9. The van der Waals surface area contributed by atoms with Crippen LogP contribution in [0.15, 0.2) is 0 Å². The van der Waals surface area contributed by atoms with E-state index >= 15 is 0 Å². The Balaban J connectivity index is 0.000000892. The van der Waals surface area contributed by atoms with Crippen LogP contribution in [0.3, 0.4) is 0 Å². The molecule has 0 spiro atoms. The number of rotatable bonds is 6. The fourth-order valence-corrected chi connectivity index (χ4v) is 3.25. The minimum Gasteiger partial charge on any atom is -0.380 e. The van der Waals surface area contributed by atoms with Crippen molar-refractivity contribution in [2.45, 2.75) is 77.4 Å². The maximum absolute atomic E-state index is 11.9. The van der Waals surface area contributed by atoms with Gasteiger partial charge >= 0.3 is 0 Å². The summed E-state index contributed by atoms with van der Waals surface area (Å²) >= 11 is 0. The highest BCUT2D eigenvalue weighted by Crippen LogP contribution is 2.29. The summed E-state index contributed by atoms with van der Waals surface area (Å²) in [5.74, 6) is -0.590. The normalized spacial score (nSPS) is 21.6. The first-order valence-corrected chi connectivity index (χ1v) is 10.2. The summed E-state index contributed by atoms with van der Waals surface area (Å²) in [6, 6.07) is 1.20. The van der Waals surface area contributed by atoms with Crippen LogP contribution in [0.25, 0.3) is 0 Å². The van der Waals surface area contributed by atoms with Crippen LogP contribution in [0.1, 0.15) is 65.7 Å². The third-order valence-corrected chi connectivity index (χ3v) is 4.67. The predicted octanol–water partition coefficient (Wildman–Crippen LogP) is 0.995. The van der Waals surface area contributed by atoms with E-state index in [1.54, 1.807) is 0 Å². The van der Waals surface area contributed by atoms with Gasteiger partial charge in [-0.2, -0.15) is 5.26 Å². The highest BCUT2D eigenvalue weighted by molar-refractivity contribution is 5.89. The van der Waals surface area contributed by atoms with E-state index in [4.69, 9.17) is 5.26 Å². The van der Waals surface area contributed by atoms with Gasteiger partial charge in [-0.15, -0.1) is 0 Å². The van der Waals surface area contributed by atoms with Crippen LogP contribution in [0.5, 0.6) is 0 Å². The van der Waals surface area contributed by atoms with Crippen LogP contribution >= 0.6 is 0 Å². The summed E-state index contributed by atoms with van der Waals surface area (Å²) in [4.78, 5) is 35.5. The molecule has 158 valence electrons. The van der Waals surface area contributed by atoms with E-state index in [0.717, 1.165) is 25.2 Å². The lowest BCUT2D eigenvalue weighted by atomic mass is 9.92. The quantitative estimate of drug-likeness (QED) is 0.534. The number of aliphatic hydroxyl groups is 1. The minimum absolute atomic E-state index is 0.0903. The molecule has 0 bridgehead atoms. The maximum atomic E-state index is 11.9. The van der Waals surface area contributed by atoms with Crippen molar-refractivity contribution >= 4 is 17.7 Å². The van der Waals surface area contributed by atoms with Crippen LogP contribution in [-0.4, -0.2) is 47.6 Å². The second-order valence-electron chi connectivity index (χ2n) is 8.27. The van der Waals surface area contributed by atoms with Crippen molar-refractivity contribution in [1.29, 1.82) is 5.26 Å². The average molecular weight is 395 g/mol. The summed E-state index contributed by atoms with van der Waals surface area (Å²) in [6.07, 6.45) is 4.19. The Hall–Kier alpha value is -2.14. The Morgan fingerprint density at radius 1 is 1.29 bits per heavy atom. The summed E-state index contributed by atoms with van der Waals surface area (Å²) in [5.41, 5.74) is -1.38. The van der Waals surface area contributed by atoms with E-state index in [-0.39, 0.29) is 24.8 Å². The second-order valence-corrected chi connectivity index (χ2v) is 8.27. The Bertz CT molecular complexity index is 576. The molecule has 1 saturated heterocycles. The van der Waals surface area contributed by atoms with Crippen molar-refractivity contribution < 1.29 is 19.5 Å². The zero-order chi connectivity index (χ0) is 21.2. The zero-order valence-corrected chi connectivity index (χ0v) is 17.2. The van der Waals surface area contributed by atoms with Crippen molar-refractivity contribution in [2.24, 2.45) is 11.8 Å². The molecule has 1 aliphatic heterocycles. The summed E-state index contributed by atoms with van der Waals surface area (Å²) in [7, 11) is 0. The number of amides is 3. The van der Waals surface area contributed by atoms with Crippen molar-refractivity contribution in [1.82, 2.24) is 16.0 Å². The number of hydrogen-bond donors (Lipinski definition) is 4. The molecule has 2 atom stereocenters. The van der Waals surface area contributed by atoms with E-state index in [9.17, 15) is 19.5 Å². The Morgan fingerprint density at radius 3 is 2.43 bits per heavy atom. The van der Waals surface area contributed by atoms with E-state index < -0.39 is 23.5 Å². The van der Waals surface area contributed by atoms with Gasteiger partial charge in [-0.3, -0.25) is 14.4 Å². The highest BCUT2D eigenvalue weighted by atomic mass is 16.3. The Kier molecular flexibility index (Phi) is 9.94. The maximum Gasteiger partial charge on any atom is 0.252 e. The molecule has 2 fully saturated rings. The van der Waals surface area contributed by atoms with Gasteiger partial charge in [-0.05, 0) is 50.9 Å². The van der Waals surface area contributed by atoms with Crippen LogP contribution in [0, 0.1) is 23.2 Å². The fourth-order valence-electron chi connectivity index (χ4n) is 3.25. The van der Waals surface area contributed by atoms with E-state index in [1.165, 1.54) is 0 Å². The largest absolute Gasteiger partial charge is 0.380 e. The molecule has 0 aromatic carbocycles. The second kappa shape index (κ2) is 11.6. The lowest BCUT2D eigenvalue weighted by molar-refractivity contribution is -0.140. The van der Waals surface area contributed by atoms with E-state index in [1.807, 2.05) is 6.07 Å². The van der Waals surface area contributed by atoms with E-state index in [0.29, 0.717) is 25.8 Å². The topological polar surface area (TPSA) is 131 Å². The first-order chi connectivity index (χ1) is 13.2. The molecule has 0 aromatic rings. The van der Waals surface area contributed by atoms with E-state index in [2.05, 4.69) is 36.7 Å². The number of carbonyl (C=O) groups is 3. The third kappa shape index (κ3) is 8.26. The number of carbonyl (C=O) groups excluding carboxylic acids is 3. The van der Waals surface area contributed by atoms with Crippen molar-refractivity contribution in [2.75, 3.05) is 13.1 Å². The average Bonchev–Trinajstić information content (AvgIpc) is 3.08. The number of nitriles is 1. The van der Waals surface area contributed by atoms with Crippen LogP contribution in [-0.2, 0) is 14.4 Å². The zero-order valence-electron chi connectivity index (χ0n) is 17.2. The predicted molar refractivity (Wildman–Crippen MR) is 105 cm³/mol. The number of piperidine rings is 1. The lowest BCUT2D eigenvalue weighted by Crippen LogP contribution is -2.49. The standard InChI is InChI=1S/C16H24N4O4.C4H10/c17-9-12(8-11-4-3-7-18-14(11)22)20-13(21)10-19-15(23)16(24)5-1-2-6-16;1-4(2)3/h11-12,24H,1-8,10H2,(H,18,22)(H,19,23)(H,20,21);4H,1-3H3/t11-,12-;/m0./s1. The number of nitrogens with zero attached hydrogens (tertiary/aromatic N) is 1. The van der Waals surface area contributed by atoms with Gasteiger partial charge in [0.05, 0.1) is 12.6 Å².